The summed E-state index contributed by atoms with van der Waals surface area (Å²) in [5.41, 5.74) is 7.20. The topological polar surface area (TPSA) is 38.0 Å². The average Bonchev–Trinajstić information content (AvgIpc) is 2.15. The van der Waals surface area contributed by atoms with Gasteiger partial charge in [0.2, 0.25) is 0 Å². The van der Waals surface area contributed by atoms with Crippen LogP contribution in [0.4, 0.5) is 0 Å². The summed E-state index contributed by atoms with van der Waals surface area (Å²) in [6, 6.07) is 6.90. The van der Waals surface area contributed by atoms with E-state index in [1.807, 2.05) is 0 Å². The van der Waals surface area contributed by atoms with Gasteiger partial charge in [-0.05, 0) is 37.7 Å². The fourth-order valence-corrected chi connectivity index (χ4v) is 2.13. The zero-order chi connectivity index (χ0) is 13.1. The second kappa shape index (κ2) is 5.65. The summed E-state index contributed by atoms with van der Waals surface area (Å²) in [6.07, 6.45) is 2.23. The molecule has 1 rings (SSSR count). The third-order valence-corrected chi connectivity index (χ3v) is 3.03. The zero-order valence-corrected chi connectivity index (χ0v) is 11.8. The highest BCUT2D eigenvalue weighted by atomic mass is 15.2. The molecule has 0 spiro atoms. The van der Waals surface area contributed by atoms with Crippen molar-refractivity contribution in [3.8, 4) is 0 Å². The van der Waals surface area contributed by atoms with Gasteiger partial charge in [-0.1, -0.05) is 50.1 Å². The molecular weight excluding hydrogens is 208 g/mol. The molecule has 2 heteroatoms. The largest absolute Gasteiger partial charge is 0.271 e. The Morgan fingerprint density at radius 3 is 2.06 bits per heavy atom. The minimum Gasteiger partial charge on any atom is -0.271 e. The molecule has 1 aromatic carbocycles. The zero-order valence-electron chi connectivity index (χ0n) is 11.8. The van der Waals surface area contributed by atoms with E-state index in [9.17, 15) is 0 Å². The second-order valence-corrected chi connectivity index (χ2v) is 6.24. The van der Waals surface area contributed by atoms with Gasteiger partial charge in [0.1, 0.15) is 0 Å². The van der Waals surface area contributed by atoms with Crippen molar-refractivity contribution in [2.45, 2.75) is 53.5 Å². The highest BCUT2D eigenvalue weighted by Gasteiger charge is 2.16. The number of nitrogens with one attached hydrogen (secondary N) is 1. The standard InChI is InChI=1S/C15H26N2/c1-11-8-12(2)10-13(9-11)14(17-16)6-7-15(3,4)5/h8-10,14,17H,6-7,16H2,1-5H3. The minimum absolute atomic E-state index is 0.257. The lowest BCUT2D eigenvalue weighted by atomic mass is 9.87. The van der Waals surface area contributed by atoms with E-state index in [4.69, 9.17) is 5.84 Å². The van der Waals surface area contributed by atoms with Crippen LogP contribution in [0, 0.1) is 19.3 Å². The Labute approximate surface area is 106 Å². The highest BCUT2D eigenvalue weighted by Crippen LogP contribution is 2.27. The first-order valence-electron chi connectivity index (χ1n) is 6.36. The average molecular weight is 234 g/mol. The first-order chi connectivity index (χ1) is 7.81. The molecule has 0 aliphatic heterocycles. The molecule has 96 valence electrons. The van der Waals surface area contributed by atoms with Gasteiger partial charge in [-0.15, -0.1) is 0 Å². The summed E-state index contributed by atoms with van der Waals surface area (Å²) >= 11 is 0. The van der Waals surface area contributed by atoms with E-state index in [0.29, 0.717) is 5.41 Å². The summed E-state index contributed by atoms with van der Waals surface area (Å²) < 4.78 is 0. The van der Waals surface area contributed by atoms with Gasteiger partial charge >= 0.3 is 0 Å². The Morgan fingerprint density at radius 1 is 1.12 bits per heavy atom. The van der Waals surface area contributed by atoms with E-state index in [2.05, 4.69) is 58.2 Å². The first-order valence-corrected chi connectivity index (χ1v) is 6.36. The van der Waals surface area contributed by atoms with Crippen LogP contribution in [0.1, 0.15) is 56.3 Å². The van der Waals surface area contributed by atoms with E-state index in [-0.39, 0.29) is 6.04 Å². The molecule has 1 atom stereocenters. The molecule has 0 aromatic heterocycles. The van der Waals surface area contributed by atoms with Crippen LogP contribution in [0.5, 0.6) is 0 Å². The van der Waals surface area contributed by atoms with Crippen LogP contribution >= 0.6 is 0 Å². The smallest absolute Gasteiger partial charge is 0.0460 e. The highest BCUT2D eigenvalue weighted by molar-refractivity contribution is 5.30. The van der Waals surface area contributed by atoms with Crippen molar-refractivity contribution in [3.63, 3.8) is 0 Å². The lowest BCUT2D eigenvalue weighted by Crippen LogP contribution is -2.29. The normalized spacial score (nSPS) is 13.8. The summed E-state index contributed by atoms with van der Waals surface area (Å²) in [5.74, 6) is 5.68. The maximum absolute atomic E-state index is 5.68. The van der Waals surface area contributed by atoms with Crippen molar-refractivity contribution in [2.24, 2.45) is 11.3 Å². The Morgan fingerprint density at radius 2 is 1.65 bits per heavy atom. The van der Waals surface area contributed by atoms with Crippen molar-refractivity contribution >= 4 is 0 Å². The van der Waals surface area contributed by atoms with E-state index in [0.717, 1.165) is 12.8 Å². The van der Waals surface area contributed by atoms with Crippen molar-refractivity contribution in [1.29, 1.82) is 0 Å². The van der Waals surface area contributed by atoms with Gasteiger partial charge in [0.05, 0.1) is 0 Å². The SMILES string of the molecule is Cc1cc(C)cc(C(CCC(C)(C)C)NN)c1. The van der Waals surface area contributed by atoms with Crippen LogP contribution in [-0.4, -0.2) is 0 Å². The van der Waals surface area contributed by atoms with Gasteiger partial charge in [-0.3, -0.25) is 11.3 Å². The van der Waals surface area contributed by atoms with E-state index in [1.54, 1.807) is 0 Å². The Balaban J connectivity index is 2.79. The molecule has 1 unspecified atom stereocenters. The summed E-state index contributed by atoms with van der Waals surface area (Å²) in [7, 11) is 0. The molecule has 2 nitrogen and oxygen atoms in total. The van der Waals surface area contributed by atoms with Gasteiger partial charge in [0.15, 0.2) is 0 Å². The van der Waals surface area contributed by atoms with Crippen LogP contribution in [0.25, 0.3) is 0 Å². The molecular formula is C15H26N2. The fourth-order valence-electron chi connectivity index (χ4n) is 2.13. The van der Waals surface area contributed by atoms with Gasteiger partial charge in [0.25, 0.3) is 0 Å². The molecule has 0 saturated carbocycles. The molecule has 17 heavy (non-hydrogen) atoms. The van der Waals surface area contributed by atoms with Crippen LogP contribution in [0.3, 0.4) is 0 Å². The van der Waals surface area contributed by atoms with Crippen LogP contribution in [-0.2, 0) is 0 Å². The number of rotatable bonds is 4. The molecule has 0 aliphatic rings. The Kier molecular flexibility index (Phi) is 4.72. The van der Waals surface area contributed by atoms with Crippen LogP contribution in [0.15, 0.2) is 18.2 Å². The maximum Gasteiger partial charge on any atom is 0.0460 e. The molecule has 3 N–H and O–H groups in total. The van der Waals surface area contributed by atoms with Crippen molar-refractivity contribution in [3.05, 3.63) is 34.9 Å². The van der Waals surface area contributed by atoms with E-state index < -0.39 is 0 Å². The second-order valence-electron chi connectivity index (χ2n) is 6.24. The molecule has 0 heterocycles. The van der Waals surface area contributed by atoms with E-state index >= 15 is 0 Å². The third-order valence-electron chi connectivity index (χ3n) is 3.03. The predicted molar refractivity (Wildman–Crippen MR) is 74.7 cm³/mol. The monoisotopic (exact) mass is 234 g/mol. The Bertz CT molecular complexity index is 343. The van der Waals surface area contributed by atoms with Gasteiger partial charge in [-0.2, -0.15) is 0 Å². The fraction of sp³-hybridized carbons (Fsp3) is 0.600. The summed E-state index contributed by atoms with van der Waals surface area (Å²) in [5, 5.41) is 0. The summed E-state index contributed by atoms with van der Waals surface area (Å²) in [4.78, 5) is 0. The molecule has 0 saturated heterocycles. The quantitative estimate of drug-likeness (QED) is 0.616. The molecule has 0 aliphatic carbocycles. The molecule has 1 aromatic rings. The Hall–Kier alpha value is -0.860. The van der Waals surface area contributed by atoms with Gasteiger partial charge in [0, 0.05) is 6.04 Å². The van der Waals surface area contributed by atoms with Gasteiger partial charge < -0.3 is 0 Å². The molecule has 0 amide bonds. The number of benzene rings is 1. The van der Waals surface area contributed by atoms with Crippen LogP contribution < -0.4 is 11.3 Å². The first kappa shape index (κ1) is 14.2. The maximum atomic E-state index is 5.68. The number of aryl methyl sites for hydroxylation is 2. The van der Waals surface area contributed by atoms with Crippen molar-refractivity contribution in [2.75, 3.05) is 0 Å². The predicted octanol–water partition coefficient (Wildman–Crippen LogP) is 3.63. The number of hydrogen-bond acceptors (Lipinski definition) is 2. The minimum atomic E-state index is 0.257. The van der Waals surface area contributed by atoms with Gasteiger partial charge in [-0.25, -0.2) is 0 Å². The van der Waals surface area contributed by atoms with Crippen LogP contribution in [0.2, 0.25) is 0 Å². The number of hydrogen-bond donors (Lipinski definition) is 2. The van der Waals surface area contributed by atoms with E-state index in [1.165, 1.54) is 16.7 Å². The molecule has 0 bridgehead atoms. The van der Waals surface area contributed by atoms with Crippen molar-refractivity contribution in [1.82, 2.24) is 5.43 Å². The lowest BCUT2D eigenvalue weighted by Gasteiger charge is -2.23. The summed E-state index contributed by atoms with van der Waals surface area (Å²) in [6.45, 7) is 11.1. The number of hydrazine groups is 1. The third kappa shape index (κ3) is 4.88. The molecule has 0 radical (unpaired) electrons. The number of nitrogens with two attached hydrogens (primary N) is 1. The lowest BCUT2D eigenvalue weighted by molar-refractivity contribution is 0.333. The molecule has 0 fully saturated rings. The van der Waals surface area contributed by atoms with Crippen molar-refractivity contribution < 1.29 is 0 Å².